The van der Waals surface area contributed by atoms with Crippen molar-refractivity contribution in [3.05, 3.63) is 84.1 Å². The van der Waals surface area contributed by atoms with E-state index in [1.54, 1.807) is 44.3 Å². The molecular weight excluding hydrogens is 1120 g/mol. The summed E-state index contributed by atoms with van der Waals surface area (Å²) in [5.41, 5.74) is 18.5. The third-order valence-corrected chi connectivity index (χ3v) is 12.8. The first kappa shape index (κ1) is 67.8. The molecule has 0 aliphatic rings. The quantitative estimate of drug-likeness (QED) is 0.0116. The molecule has 9 amide bonds. The molecule has 22 N–H and O–H groups in total. The minimum atomic E-state index is -1.87. The predicted octanol–water partition coefficient (Wildman–Crippen LogP) is -5.39. The van der Waals surface area contributed by atoms with Crippen molar-refractivity contribution in [2.24, 2.45) is 28.1 Å². The Bertz CT molecular complexity index is 2990. The summed E-state index contributed by atoms with van der Waals surface area (Å²) in [7, 11) is 0. The Balaban J connectivity index is 1.63. The van der Waals surface area contributed by atoms with E-state index in [-0.39, 0.29) is 62.7 Å². The standard InChI is InChI=1S/C53H74N16O16/c1-26(2)15-36(65-51(83)41(24-71)69-50(82)39(19-43(74)75)63-42(73)22-60-45(77)33(54)23-70)48(80)64-35(9-6-14-58-53(55)56)46(78)67-38(17-29-20-59-34-8-5-4-7-32(29)34)49(81)66-37(16-28-10-12-31(72)13-11-28)47(79)62-27(3)44(76)68-40(52(84)85)18-30-21-57-25-61-30/h4-5,7-8,10-13,20-21,25-27,33,35-41,59,70-72H,6,9,14-19,22-24,54H2,1-3H3,(H,57,61)(H,60,77)(H,62,79)(H,63,73)(H,64,80)(H,65,83)(H,66,81)(H,67,78)(H,68,76)(H,69,82)(H,74,75)(H,84,85)(H4,55,56,58)/t27-,33-,35-,36-,37-,38-,39-,40-,41-/m0/s1. The zero-order valence-electron chi connectivity index (χ0n) is 46.8. The molecule has 0 unspecified atom stereocenters. The number of aliphatic carboxylic acids is 2. The molecular formula is C53H74N16O16. The van der Waals surface area contributed by atoms with Crippen LogP contribution in [0.15, 0.2) is 72.2 Å². The maximum Gasteiger partial charge on any atom is 0.326 e. The maximum atomic E-state index is 14.8. The number of aliphatic hydroxyl groups excluding tert-OH is 2. The SMILES string of the molecule is CC(C)C[C@H](NC(=O)[C@H](CO)NC(=O)[C@H](CC(=O)O)NC(=O)CNC(=O)[C@@H](N)CO)C(=O)N[C@@H](CCCN=C(N)N)C(=O)N[C@@H](Cc1c[nH]c2ccccc12)C(=O)N[C@@H](Cc1ccc(O)cc1)C(=O)N[C@@H](C)C(=O)N[C@@H](Cc1cnc[nH]1)C(=O)O. The lowest BCUT2D eigenvalue weighted by atomic mass is 10.00. The summed E-state index contributed by atoms with van der Waals surface area (Å²) < 4.78 is 0. The number of phenolic OH excluding ortho intramolecular Hbond substituents is 1. The summed E-state index contributed by atoms with van der Waals surface area (Å²) in [6.45, 7) is 1.95. The van der Waals surface area contributed by atoms with Crippen molar-refractivity contribution in [1.82, 2.24) is 62.8 Å². The Labute approximate surface area is 486 Å². The second-order valence-electron chi connectivity index (χ2n) is 20.1. The number of aromatic amines is 2. The van der Waals surface area contributed by atoms with Gasteiger partial charge in [0, 0.05) is 54.8 Å². The number of aliphatic imine (C=N–C) groups is 1. The molecule has 85 heavy (non-hydrogen) atoms. The number of para-hydroxylation sites is 1. The molecule has 0 saturated carbocycles. The van der Waals surface area contributed by atoms with Crippen molar-refractivity contribution in [1.29, 1.82) is 0 Å². The third kappa shape index (κ3) is 22.5. The van der Waals surface area contributed by atoms with E-state index in [1.165, 1.54) is 43.7 Å². The smallest absolute Gasteiger partial charge is 0.326 e. The number of guanidine groups is 1. The zero-order chi connectivity index (χ0) is 62.9. The van der Waals surface area contributed by atoms with Gasteiger partial charge in [-0.15, -0.1) is 0 Å². The van der Waals surface area contributed by atoms with Crippen LogP contribution in [0.3, 0.4) is 0 Å². The number of H-pyrrole nitrogens is 2. The molecule has 32 heteroatoms. The summed E-state index contributed by atoms with van der Waals surface area (Å²) in [5.74, 6) is -12.8. The minimum absolute atomic E-state index is 0.0447. The molecule has 4 aromatic rings. The Morgan fingerprint density at radius 3 is 1.81 bits per heavy atom. The molecule has 462 valence electrons. The van der Waals surface area contributed by atoms with Gasteiger partial charge in [-0.2, -0.15) is 0 Å². The Morgan fingerprint density at radius 1 is 0.624 bits per heavy atom. The molecule has 0 spiro atoms. The normalized spacial score (nSPS) is 14.2. The molecule has 0 saturated heterocycles. The van der Waals surface area contributed by atoms with E-state index >= 15 is 0 Å². The highest BCUT2D eigenvalue weighted by molar-refractivity contribution is 5.99. The average Bonchev–Trinajstić information content (AvgIpc) is 4.37. The van der Waals surface area contributed by atoms with Gasteiger partial charge in [-0.1, -0.05) is 44.2 Å². The topological polar surface area (TPSA) is 532 Å². The summed E-state index contributed by atoms with van der Waals surface area (Å²) in [6, 6.07) is -1.34. The van der Waals surface area contributed by atoms with Crippen LogP contribution in [0.2, 0.25) is 0 Å². The van der Waals surface area contributed by atoms with Gasteiger partial charge in [-0.3, -0.25) is 52.9 Å². The minimum Gasteiger partial charge on any atom is -0.508 e. The van der Waals surface area contributed by atoms with E-state index in [0.29, 0.717) is 27.7 Å². The number of nitrogens with two attached hydrogens (primary N) is 3. The molecule has 0 aliphatic carbocycles. The first-order chi connectivity index (χ1) is 40.3. The number of imidazole rings is 1. The fraction of sp³-hybridized carbons (Fsp3) is 0.453. The number of fused-ring (bicyclic) bond motifs is 1. The van der Waals surface area contributed by atoms with Gasteiger partial charge in [0.15, 0.2) is 5.96 Å². The number of amides is 9. The van der Waals surface area contributed by atoms with Crippen LogP contribution in [0, 0.1) is 5.92 Å². The van der Waals surface area contributed by atoms with Crippen molar-refractivity contribution in [3.63, 3.8) is 0 Å². The Morgan fingerprint density at radius 2 is 1.20 bits per heavy atom. The highest BCUT2D eigenvalue weighted by Crippen LogP contribution is 2.20. The van der Waals surface area contributed by atoms with Crippen molar-refractivity contribution in [2.75, 3.05) is 26.3 Å². The van der Waals surface area contributed by atoms with Crippen molar-refractivity contribution < 1.29 is 78.3 Å². The molecule has 0 bridgehead atoms. The van der Waals surface area contributed by atoms with Crippen molar-refractivity contribution >= 4 is 82.0 Å². The van der Waals surface area contributed by atoms with Crippen LogP contribution in [-0.4, -0.2) is 192 Å². The number of hydrogen-bond donors (Lipinski definition) is 19. The largest absolute Gasteiger partial charge is 0.508 e. The number of rotatable bonds is 35. The fourth-order valence-corrected chi connectivity index (χ4v) is 8.34. The summed E-state index contributed by atoms with van der Waals surface area (Å²) in [4.78, 5) is 161. The van der Waals surface area contributed by atoms with E-state index in [1.807, 2.05) is 0 Å². The lowest BCUT2D eigenvalue weighted by Gasteiger charge is -2.28. The average molecular weight is 1190 g/mol. The van der Waals surface area contributed by atoms with Crippen LogP contribution < -0.4 is 65.1 Å². The number of nitrogens with zero attached hydrogens (tertiary/aromatic N) is 2. The monoisotopic (exact) mass is 1190 g/mol. The zero-order valence-corrected chi connectivity index (χ0v) is 46.8. The Hall–Kier alpha value is -9.69. The number of aromatic nitrogens is 3. The second kappa shape index (κ2) is 33.4. The number of carboxylic acid groups (broad SMARTS) is 2. The highest BCUT2D eigenvalue weighted by Gasteiger charge is 2.36. The van der Waals surface area contributed by atoms with Gasteiger partial charge in [-0.05, 0) is 61.4 Å². The number of benzene rings is 2. The lowest BCUT2D eigenvalue weighted by molar-refractivity contribution is -0.142. The molecule has 0 fully saturated rings. The summed E-state index contributed by atoms with van der Waals surface area (Å²) in [6.07, 6.45) is 2.37. The van der Waals surface area contributed by atoms with Gasteiger partial charge in [-0.25, -0.2) is 9.78 Å². The lowest BCUT2D eigenvalue weighted by Crippen LogP contribution is -2.61. The molecule has 32 nitrogen and oxygen atoms in total. The number of carbonyl (C=O) groups excluding carboxylic acids is 9. The van der Waals surface area contributed by atoms with E-state index < -0.39 is 146 Å². The first-order valence-electron chi connectivity index (χ1n) is 26.8. The van der Waals surface area contributed by atoms with Gasteiger partial charge < -0.3 is 101 Å². The second-order valence-corrected chi connectivity index (χ2v) is 20.1. The number of carbonyl (C=O) groups is 11. The predicted molar refractivity (Wildman–Crippen MR) is 302 cm³/mol. The van der Waals surface area contributed by atoms with Gasteiger partial charge in [0.1, 0.15) is 60.1 Å². The van der Waals surface area contributed by atoms with Crippen LogP contribution in [0.4, 0.5) is 0 Å². The Kier molecular flexibility index (Phi) is 26.7. The van der Waals surface area contributed by atoms with Crippen LogP contribution >= 0.6 is 0 Å². The molecule has 0 radical (unpaired) electrons. The van der Waals surface area contributed by atoms with Gasteiger partial charge in [0.25, 0.3) is 0 Å². The molecule has 2 aromatic heterocycles. The molecule has 2 heterocycles. The van der Waals surface area contributed by atoms with Crippen LogP contribution in [-0.2, 0) is 72.0 Å². The number of carboxylic acids is 2. The van der Waals surface area contributed by atoms with Gasteiger partial charge in [0.05, 0.1) is 32.5 Å². The van der Waals surface area contributed by atoms with Crippen molar-refractivity contribution in [2.45, 2.75) is 120 Å². The number of phenols is 1. The number of aliphatic hydroxyl groups is 2. The van der Waals surface area contributed by atoms with Gasteiger partial charge >= 0.3 is 11.9 Å². The molecule has 4 rings (SSSR count). The van der Waals surface area contributed by atoms with E-state index in [0.717, 1.165) is 0 Å². The fourth-order valence-electron chi connectivity index (χ4n) is 8.34. The molecule has 0 aliphatic heterocycles. The van der Waals surface area contributed by atoms with E-state index in [9.17, 15) is 73.2 Å². The van der Waals surface area contributed by atoms with Gasteiger partial charge in [0.2, 0.25) is 53.2 Å². The number of nitrogens with one attached hydrogen (secondary N) is 11. The van der Waals surface area contributed by atoms with E-state index in [2.05, 4.69) is 67.8 Å². The van der Waals surface area contributed by atoms with Crippen molar-refractivity contribution in [3.8, 4) is 5.75 Å². The first-order valence-corrected chi connectivity index (χ1v) is 26.8. The maximum absolute atomic E-state index is 14.8. The third-order valence-electron chi connectivity index (χ3n) is 12.8. The van der Waals surface area contributed by atoms with Crippen LogP contribution in [0.1, 0.15) is 63.3 Å². The molecule has 2 aromatic carbocycles. The molecule has 9 atom stereocenters. The summed E-state index contributed by atoms with van der Waals surface area (Å²) in [5, 5.41) is 71.0. The number of hydrogen-bond acceptors (Lipinski definition) is 17. The van der Waals surface area contributed by atoms with Crippen LogP contribution in [0.25, 0.3) is 10.9 Å². The van der Waals surface area contributed by atoms with E-state index in [4.69, 9.17) is 22.3 Å². The highest BCUT2D eigenvalue weighted by atomic mass is 16.4. The summed E-state index contributed by atoms with van der Waals surface area (Å²) >= 11 is 0. The number of aromatic hydroxyl groups is 1. The van der Waals surface area contributed by atoms with Crippen LogP contribution in [0.5, 0.6) is 5.75 Å².